The fourth-order valence-electron chi connectivity index (χ4n) is 2.27. The zero-order chi connectivity index (χ0) is 14.2. The van der Waals surface area contributed by atoms with Gasteiger partial charge in [-0.15, -0.1) is 5.10 Å². The van der Waals surface area contributed by atoms with Crippen LogP contribution >= 0.6 is 0 Å². The topological polar surface area (TPSA) is 77.4 Å². The van der Waals surface area contributed by atoms with Crippen molar-refractivity contribution in [2.75, 3.05) is 0 Å². The minimum Gasteiger partial charge on any atom is -0.463 e. The molecule has 3 aromatic rings. The van der Waals surface area contributed by atoms with E-state index in [0.29, 0.717) is 18.2 Å². The summed E-state index contributed by atoms with van der Waals surface area (Å²) in [4.78, 5) is 16.1. The average Bonchev–Trinajstić information content (AvgIpc) is 3.15. The van der Waals surface area contributed by atoms with E-state index in [1.54, 1.807) is 18.6 Å². The molecule has 3 heterocycles. The van der Waals surface area contributed by atoms with Gasteiger partial charge in [0.25, 0.3) is 0 Å². The Labute approximate surface area is 120 Å². The molecule has 1 aliphatic carbocycles. The van der Waals surface area contributed by atoms with Gasteiger partial charge in [-0.3, -0.25) is 4.98 Å². The van der Waals surface area contributed by atoms with Crippen LogP contribution in [0.3, 0.4) is 0 Å². The second-order valence-corrected chi connectivity index (χ2v) is 5.27. The Balaban J connectivity index is 1.53. The predicted octanol–water partition coefficient (Wildman–Crippen LogP) is 0.784. The maximum atomic E-state index is 12.1. The van der Waals surface area contributed by atoms with Gasteiger partial charge in [0.15, 0.2) is 5.65 Å². The van der Waals surface area contributed by atoms with Crippen molar-refractivity contribution in [1.82, 2.24) is 24.5 Å². The molecule has 108 valence electrons. The van der Waals surface area contributed by atoms with Crippen molar-refractivity contribution in [2.45, 2.75) is 32.0 Å². The first-order valence-electron chi connectivity index (χ1n) is 7.00. The van der Waals surface area contributed by atoms with Crippen LogP contribution in [0, 0.1) is 0 Å². The van der Waals surface area contributed by atoms with Crippen molar-refractivity contribution in [2.24, 2.45) is 0 Å². The predicted molar refractivity (Wildman–Crippen MR) is 74.9 cm³/mol. The molecular formula is C14H15N5O2. The quantitative estimate of drug-likeness (QED) is 0.749. The molecule has 0 radical (unpaired) electrons. The summed E-state index contributed by atoms with van der Waals surface area (Å²) < 4.78 is 8.58. The zero-order valence-electron chi connectivity index (χ0n) is 11.4. The van der Waals surface area contributed by atoms with Gasteiger partial charge in [0.1, 0.15) is 18.1 Å². The average molecular weight is 285 g/mol. The molecule has 21 heavy (non-hydrogen) atoms. The monoisotopic (exact) mass is 285 g/mol. The van der Waals surface area contributed by atoms with Gasteiger partial charge in [0, 0.05) is 18.4 Å². The van der Waals surface area contributed by atoms with E-state index in [0.717, 1.165) is 18.1 Å². The molecule has 1 N–H and O–H groups in total. The lowest BCUT2D eigenvalue weighted by molar-refractivity contribution is 0.427. The molecule has 1 aliphatic rings. The lowest BCUT2D eigenvalue weighted by Crippen LogP contribution is -2.21. The molecule has 0 aromatic carbocycles. The van der Waals surface area contributed by atoms with Crippen LogP contribution < -0.4 is 11.0 Å². The summed E-state index contributed by atoms with van der Waals surface area (Å²) in [6.45, 7) is 1.05. The Bertz CT molecular complexity index is 827. The maximum absolute atomic E-state index is 12.1. The van der Waals surface area contributed by atoms with E-state index < -0.39 is 0 Å². The highest BCUT2D eigenvalue weighted by Crippen LogP contribution is 2.19. The van der Waals surface area contributed by atoms with E-state index in [1.807, 2.05) is 12.1 Å². The highest BCUT2D eigenvalue weighted by molar-refractivity contribution is 5.31. The minimum absolute atomic E-state index is 0.193. The Morgan fingerprint density at radius 2 is 2.19 bits per heavy atom. The third-order valence-electron chi connectivity index (χ3n) is 3.55. The Morgan fingerprint density at radius 1 is 1.33 bits per heavy atom. The number of rotatable bonds is 5. The van der Waals surface area contributed by atoms with Crippen molar-refractivity contribution in [3.05, 3.63) is 52.7 Å². The van der Waals surface area contributed by atoms with Gasteiger partial charge in [-0.05, 0) is 25.0 Å². The standard InChI is InChI=1S/C14H15N5O2/c20-14-18-6-5-15-8-13(18)17-19(14)9-12-4-3-11(21-12)7-16-10-1-2-10/h3-6,8,10,16H,1-2,7,9H2. The molecule has 0 bridgehead atoms. The van der Waals surface area contributed by atoms with Crippen LogP contribution in [0.15, 0.2) is 39.9 Å². The summed E-state index contributed by atoms with van der Waals surface area (Å²) in [5.74, 6) is 1.61. The van der Waals surface area contributed by atoms with Crippen molar-refractivity contribution in [3.8, 4) is 0 Å². The van der Waals surface area contributed by atoms with Crippen LogP contribution in [0.1, 0.15) is 24.4 Å². The van der Waals surface area contributed by atoms with Gasteiger partial charge in [0.2, 0.25) is 0 Å². The van der Waals surface area contributed by atoms with E-state index in [1.165, 1.54) is 21.9 Å². The van der Waals surface area contributed by atoms with Gasteiger partial charge in [0.05, 0.1) is 12.7 Å². The van der Waals surface area contributed by atoms with Gasteiger partial charge >= 0.3 is 5.69 Å². The smallest absolute Gasteiger partial charge is 0.350 e. The molecule has 0 aliphatic heterocycles. The summed E-state index contributed by atoms with van der Waals surface area (Å²) in [5.41, 5.74) is 0.339. The van der Waals surface area contributed by atoms with Gasteiger partial charge in [-0.2, -0.15) is 0 Å². The van der Waals surface area contributed by atoms with Crippen LogP contribution in [0.2, 0.25) is 0 Å². The normalized spacial score (nSPS) is 14.9. The largest absolute Gasteiger partial charge is 0.463 e. The van der Waals surface area contributed by atoms with Crippen molar-refractivity contribution >= 4 is 5.65 Å². The summed E-state index contributed by atoms with van der Waals surface area (Å²) >= 11 is 0. The van der Waals surface area contributed by atoms with Gasteiger partial charge in [-0.25, -0.2) is 13.9 Å². The Morgan fingerprint density at radius 3 is 3.00 bits per heavy atom. The number of fused-ring (bicyclic) bond motifs is 1. The number of hydrogen-bond donors (Lipinski definition) is 1. The fraction of sp³-hybridized carbons (Fsp3) is 0.357. The molecule has 7 nitrogen and oxygen atoms in total. The second-order valence-electron chi connectivity index (χ2n) is 5.27. The summed E-state index contributed by atoms with van der Waals surface area (Å²) in [6.07, 6.45) is 7.23. The van der Waals surface area contributed by atoms with E-state index in [-0.39, 0.29) is 5.69 Å². The molecule has 4 rings (SSSR count). The summed E-state index contributed by atoms with van der Waals surface area (Å²) in [7, 11) is 0. The maximum Gasteiger partial charge on any atom is 0.350 e. The third-order valence-corrected chi connectivity index (χ3v) is 3.55. The number of nitrogens with zero attached hydrogens (tertiary/aromatic N) is 4. The van der Waals surface area contributed by atoms with Crippen molar-refractivity contribution in [1.29, 1.82) is 0 Å². The van der Waals surface area contributed by atoms with Crippen LogP contribution in [0.25, 0.3) is 5.65 Å². The molecule has 3 aromatic heterocycles. The highest BCUT2D eigenvalue weighted by Gasteiger charge is 2.20. The molecule has 0 amide bonds. The lowest BCUT2D eigenvalue weighted by Gasteiger charge is -1.99. The SMILES string of the molecule is O=c1n(Cc2ccc(CNC3CC3)o2)nc2cnccn12. The van der Waals surface area contributed by atoms with Crippen LogP contribution in [-0.4, -0.2) is 25.2 Å². The van der Waals surface area contributed by atoms with Crippen LogP contribution in [0.5, 0.6) is 0 Å². The molecule has 0 saturated heterocycles. The van der Waals surface area contributed by atoms with Crippen molar-refractivity contribution in [3.63, 3.8) is 0 Å². The Hall–Kier alpha value is -2.41. The molecular weight excluding hydrogens is 270 g/mol. The molecule has 0 atom stereocenters. The van der Waals surface area contributed by atoms with Crippen LogP contribution in [-0.2, 0) is 13.1 Å². The molecule has 0 unspecified atom stereocenters. The highest BCUT2D eigenvalue weighted by atomic mass is 16.3. The first-order valence-corrected chi connectivity index (χ1v) is 7.00. The Kier molecular flexibility index (Phi) is 2.85. The summed E-state index contributed by atoms with van der Waals surface area (Å²) in [6, 6.07) is 4.47. The fourth-order valence-corrected chi connectivity index (χ4v) is 2.27. The minimum atomic E-state index is -0.193. The van der Waals surface area contributed by atoms with Gasteiger partial charge < -0.3 is 9.73 Å². The number of hydrogen-bond acceptors (Lipinski definition) is 5. The van der Waals surface area contributed by atoms with E-state index in [4.69, 9.17) is 4.42 Å². The van der Waals surface area contributed by atoms with Crippen LogP contribution in [0.4, 0.5) is 0 Å². The first kappa shape index (κ1) is 12.3. The van der Waals surface area contributed by atoms with E-state index in [2.05, 4.69) is 15.4 Å². The first-order chi connectivity index (χ1) is 10.3. The van der Waals surface area contributed by atoms with Gasteiger partial charge in [-0.1, -0.05) is 0 Å². The molecule has 1 fully saturated rings. The van der Waals surface area contributed by atoms with E-state index in [9.17, 15) is 4.79 Å². The lowest BCUT2D eigenvalue weighted by atomic mass is 10.4. The third kappa shape index (κ3) is 2.47. The molecule has 0 spiro atoms. The number of furan rings is 1. The van der Waals surface area contributed by atoms with Crippen molar-refractivity contribution < 1.29 is 4.42 Å². The molecule has 7 heteroatoms. The summed E-state index contributed by atoms with van der Waals surface area (Å²) in [5, 5.41) is 7.62. The second kappa shape index (κ2) is 4.85. The van der Waals surface area contributed by atoms with E-state index >= 15 is 0 Å². The number of nitrogens with one attached hydrogen (secondary N) is 1. The number of aromatic nitrogens is 4. The molecule has 1 saturated carbocycles. The zero-order valence-corrected chi connectivity index (χ0v) is 11.4.